The maximum absolute atomic E-state index is 11.5. The van der Waals surface area contributed by atoms with E-state index in [0.29, 0.717) is 5.92 Å². The third kappa shape index (κ3) is 1.82. The lowest BCUT2D eigenvalue weighted by Crippen LogP contribution is -2.55. The molecule has 3 atom stereocenters. The van der Waals surface area contributed by atoms with Gasteiger partial charge in [0.25, 0.3) is 0 Å². The summed E-state index contributed by atoms with van der Waals surface area (Å²) in [7, 11) is 0. The Labute approximate surface area is 129 Å². The second kappa shape index (κ2) is 4.20. The molecule has 1 aromatic carbocycles. The Kier molecular flexibility index (Phi) is 3.07. The molecule has 2 aliphatic carbocycles. The van der Waals surface area contributed by atoms with Crippen LogP contribution in [0.25, 0.3) is 0 Å². The first-order chi connectivity index (χ1) is 8.78. The van der Waals surface area contributed by atoms with Crippen molar-refractivity contribution in [3.63, 3.8) is 0 Å². The molecular formula is C17H23IO. The molecule has 2 fully saturated rings. The molecule has 0 heterocycles. The minimum Gasteiger partial charge on any atom is -0.388 e. The van der Waals surface area contributed by atoms with Gasteiger partial charge in [-0.15, -0.1) is 0 Å². The van der Waals surface area contributed by atoms with Gasteiger partial charge in [0.05, 0.1) is 5.60 Å². The van der Waals surface area contributed by atoms with Crippen LogP contribution in [0.15, 0.2) is 24.3 Å². The van der Waals surface area contributed by atoms with E-state index in [0.717, 1.165) is 6.42 Å². The van der Waals surface area contributed by atoms with E-state index in [2.05, 4.69) is 67.6 Å². The predicted molar refractivity (Wildman–Crippen MR) is 87.0 cm³/mol. The highest BCUT2D eigenvalue weighted by Gasteiger charge is 2.67. The zero-order valence-corrected chi connectivity index (χ0v) is 14.2. The van der Waals surface area contributed by atoms with Crippen LogP contribution in [0.2, 0.25) is 0 Å². The third-order valence-electron chi connectivity index (χ3n) is 6.20. The number of benzene rings is 1. The summed E-state index contributed by atoms with van der Waals surface area (Å²) >= 11 is 2.33. The molecule has 0 amide bonds. The SMILES string of the molecule is CC12CCC(C1)C(C)(C)C2(O)Cc1ccc(I)cc1. The van der Waals surface area contributed by atoms with Crippen LogP contribution in [0.4, 0.5) is 0 Å². The maximum atomic E-state index is 11.5. The molecule has 0 aliphatic heterocycles. The lowest BCUT2D eigenvalue weighted by Gasteiger charge is -2.51. The number of hydrogen-bond donors (Lipinski definition) is 1. The molecule has 0 saturated heterocycles. The van der Waals surface area contributed by atoms with Gasteiger partial charge in [-0.2, -0.15) is 0 Å². The van der Waals surface area contributed by atoms with Gasteiger partial charge >= 0.3 is 0 Å². The Hall–Kier alpha value is -0.0900. The van der Waals surface area contributed by atoms with Crippen LogP contribution in [-0.4, -0.2) is 10.7 Å². The average molecular weight is 370 g/mol. The fourth-order valence-electron chi connectivity index (χ4n) is 4.69. The molecule has 19 heavy (non-hydrogen) atoms. The first-order valence-corrected chi connectivity index (χ1v) is 8.33. The molecule has 2 bridgehead atoms. The summed E-state index contributed by atoms with van der Waals surface area (Å²) in [6.07, 6.45) is 4.46. The third-order valence-corrected chi connectivity index (χ3v) is 6.92. The van der Waals surface area contributed by atoms with Crippen LogP contribution in [0.1, 0.15) is 45.6 Å². The summed E-state index contributed by atoms with van der Waals surface area (Å²) < 4.78 is 1.26. The topological polar surface area (TPSA) is 20.2 Å². The van der Waals surface area contributed by atoms with Crippen molar-refractivity contribution in [1.29, 1.82) is 0 Å². The molecule has 2 aliphatic rings. The quantitative estimate of drug-likeness (QED) is 0.765. The molecule has 1 nitrogen and oxygen atoms in total. The summed E-state index contributed by atoms with van der Waals surface area (Å²) in [6.45, 7) is 6.85. The minimum atomic E-state index is -0.560. The largest absolute Gasteiger partial charge is 0.388 e. The van der Waals surface area contributed by atoms with E-state index in [1.165, 1.54) is 28.4 Å². The van der Waals surface area contributed by atoms with Gasteiger partial charge in [-0.3, -0.25) is 0 Å². The van der Waals surface area contributed by atoms with E-state index >= 15 is 0 Å². The zero-order valence-electron chi connectivity index (χ0n) is 12.0. The highest BCUT2D eigenvalue weighted by Crippen LogP contribution is 2.68. The van der Waals surface area contributed by atoms with Gasteiger partial charge in [-0.1, -0.05) is 32.9 Å². The second-order valence-corrected chi connectivity index (χ2v) is 8.63. The Balaban J connectivity index is 1.96. The standard InChI is InChI=1S/C17H23IO/c1-15(2)13-8-9-16(3,11-13)17(15,19)10-12-4-6-14(18)7-5-12/h4-7,13,19H,8-11H2,1-3H3. The van der Waals surface area contributed by atoms with Crippen molar-refractivity contribution in [2.24, 2.45) is 16.7 Å². The lowest BCUT2D eigenvalue weighted by molar-refractivity contribution is -0.141. The van der Waals surface area contributed by atoms with E-state index in [9.17, 15) is 5.11 Å². The van der Waals surface area contributed by atoms with E-state index < -0.39 is 5.60 Å². The van der Waals surface area contributed by atoms with E-state index in [-0.39, 0.29) is 10.8 Å². The number of halogens is 1. The Morgan fingerprint density at radius 1 is 1.21 bits per heavy atom. The highest BCUT2D eigenvalue weighted by molar-refractivity contribution is 14.1. The Morgan fingerprint density at radius 3 is 2.37 bits per heavy atom. The zero-order chi connectivity index (χ0) is 13.9. The number of aliphatic hydroxyl groups is 1. The summed E-state index contributed by atoms with van der Waals surface area (Å²) in [5, 5.41) is 11.5. The van der Waals surface area contributed by atoms with Crippen molar-refractivity contribution < 1.29 is 5.11 Å². The van der Waals surface area contributed by atoms with Crippen molar-refractivity contribution in [2.45, 2.75) is 52.1 Å². The van der Waals surface area contributed by atoms with Crippen molar-refractivity contribution >= 4 is 22.6 Å². The predicted octanol–water partition coefficient (Wildman–Crippen LogP) is 4.41. The summed E-state index contributed by atoms with van der Waals surface area (Å²) in [5.41, 5.74) is 0.841. The molecule has 0 spiro atoms. The van der Waals surface area contributed by atoms with Crippen LogP contribution >= 0.6 is 22.6 Å². The van der Waals surface area contributed by atoms with Gasteiger partial charge in [0.2, 0.25) is 0 Å². The Morgan fingerprint density at radius 2 is 1.84 bits per heavy atom. The molecule has 3 rings (SSSR count). The molecular weight excluding hydrogens is 347 g/mol. The number of hydrogen-bond acceptors (Lipinski definition) is 1. The molecule has 2 saturated carbocycles. The molecule has 3 unspecified atom stereocenters. The van der Waals surface area contributed by atoms with E-state index in [1.807, 2.05) is 0 Å². The summed E-state index contributed by atoms with van der Waals surface area (Å²) in [6, 6.07) is 8.62. The maximum Gasteiger partial charge on any atom is 0.0794 e. The van der Waals surface area contributed by atoms with Gasteiger partial charge in [0, 0.05) is 9.99 Å². The highest BCUT2D eigenvalue weighted by atomic mass is 127. The molecule has 2 heteroatoms. The van der Waals surface area contributed by atoms with Gasteiger partial charge < -0.3 is 5.11 Å². The molecule has 0 radical (unpaired) electrons. The minimum absolute atomic E-state index is 0.0308. The molecule has 1 N–H and O–H groups in total. The summed E-state index contributed by atoms with van der Waals surface area (Å²) in [4.78, 5) is 0. The normalized spacial score (nSPS) is 39.7. The van der Waals surface area contributed by atoms with E-state index in [4.69, 9.17) is 0 Å². The van der Waals surface area contributed by atoms with Gasteiger partial charge in [-0.05, 0) is 76.3 Å². The average Bonchev–Trinajstić information content (AvgIpc) is 2.81. The van der Waals surface area contributed by atoms with Gasteiger partial charge in [0.15, 0.2) is 0 Å². The molecule has 104 valence electrons. The van der Waals surface area contributed by atoms with Crippen LogP contribution in [0.3, 0.4) is 0 Å². The summed E-state index contributed by atoms with van der Waals surface area (Å²) in [5.74, 6) is 0.686. The van der Waals surface area contributed by atoms with Gasteiger partial charge in [0.1, 0.15) is 0 Å². The first kappa shape index (κ1) is 13.9. The van der Waals surface area contributed by atoms with Crippen LogP contribution in [0, 0.1) is 20.3 Å². The van der Waals surface area contributed by atoms with Crippen molar-refractivity contribution in [3.05, 3.63) is 33.4 Å². The fourth-order valence-corrected chi connectivity index (χ4v) is 5.05. The Bertz CT molecular complexity index is 486. The molecule has 1 aromatic rings. The molecule has 0 aromatic heterocycles. The van der Waals surface area contributed by atoms with Crippen LogP contribution in [0.5, 0.6) is 0 Å². The smallest absolute Gasteiger partial charge is 0.0794 e. The van der Waals surface area contributed by atoms with Crippen molar-refractivity contribution in [3.8, 4) is 0 Å². The monoisotopic (exact) mass is 370 g/mol. The number of rotatable bonds is 2. The van der Waals surface area contributed by atoms with Crippen molar-refractivity contribution in [2.75, 3.05) is 0 Å². The lowest BCUT2D eigenvalue weighted by atomic mass is 9.58. The first-order valence-electron chi connectivity index (χ1n) is 7.25. The van der Waals surface area contributed by atoms with Gasteiger partial charge in [-0.25, -0.2) is 0 Å². The second-order valence-electron chi connectivity index (χ2n) is 7.39. The van der Waals surface area contributed by atoms with Crippen molar-refractivity contribution in [1.82, 2.24) is 0 Å². The number of fused-ring (bicyclic) bond motifs is 2. The fraction of sp³-hybridized carbons (Fsp3) is 0.647. The van der Waals surface area contributed by atoms with Crippen LogP contribution < -0.4 is 0 Å². The van der Waals surface area contributed by atoms with E-state index in [1.54, 1.807) is 0 Å². The van der Waals surface area contributed by atoms with Crippen LogP contribution in [-0.2, 0) is 6.42 Å².